The molecule has 0 unspecified atom stereocenters. The SMILES string of the molecule is CN[C@@H]1CCN(c2cccc3ccc4c5c(ccc4c23)CCCC5)C1.Nc1ccccn1. The molecule has 164 valence electrons. The second-order valence-electron chi connectivity index (χ2n) is 8.92. The highest BCUT2D eigenvalue weighted by molar-refractivity contribution is 6.14. The van der Waals surface area contributed by atoms with Crippen LogP contribution in [0.25, 0.3) is 21.5 Å². The molecular formula is C28H32N4. The number of nitrogens with one attached hydrogen (secondary N) is 1. The predicted octanol–water partition coefficient (Wildman–Crippen LogP) is 5.33. The number of pyridine rings is 1. The van der Waals surface area contributed by atoms with Crippen LogP contribution in [0.2, 0.25) is 0 Å². The molecule has 1 fully saturated rings. The summed E-state index contributed by atoms with van der Waals surface area (Å²) in [6.45, 7) is 2.25. The van der Waals surface area contributed by atoms with E-state index in [1.165, 1.54) is 59.3 Å². The van der Waals surface area contributed by atoms with Gasteiger partial charge in [0.05, 0.1) is 0 Å². The van der Waals surface area contributed by atoms with Gasteiger partial charge in [-0.05, 0) is 84.6 Å². The normalized spacial score (nSPS) is 17.8. The first-order chi connectivity index (χ1) is 15.7. The van der Waals surface area contributed by atoms with Crippen LogP contribution in [-0.4, -0.2) is 31.2 Å². The van der Waals surface area contributed by atoms with E-state index in [2.05, 4.69) is 64.7 Å². The topological polar surface area (TPSA) is 54.2 Å². The number of aromatic nitrogens is 1. The van der Waals surface area contributed by atoms with Crippen LogP contribution in [-0.2, 0) is 12.8 Å². The Balaban J connectivity index is 0.000000265. The quantitative estimate of drug-likeness (QED) is 0.427. The van der Waals surface area contributed by atoms with Gasteiger partial charge in [-0.1, -0.05) is 42.5 Å². The molecule has 1 aliphatic heterocycles. The summed E-state index contributed by atoms with van der Waals surface area (Å²) in [5, 5.41) is 9.20. The molecule has 6 rings (SSSR count). The summed E-state index contributed by atoms with van der Waals surface area (Å²) < 4.78 is 0. The minimum atomic E-state index is 0.572. The number of hydrogen-bond acceptors (Lipinski definition) is 4. The number of anilines is 2. The fraction of sp³-hybridized carbons (Fsp3) is 0.321. The van der Waals surface area contributed by atoms with Crippen molar-refractivity contribution in [2.24, 2.45) is 0 Å². The number of fused-ring (bicyclic) bond motifs is 5. The van der Waals surface area contributed by atoms with E-state index in [9.17, 15) is 0 Å². The van der Waals surface area contributed by atoms with E-state index in [-0.39, 0.29) is 0 Å². The van der Waals surface area contributed by atoms with E-state index in [0.717, 1.165) is 13.1 Å². The Labute approximate surface area is 190 Å². The molecule has 0 spiro atoms. The molecule has 4 aromatic rings. The second kappa shape index (κ2) is 9.17. The van der Waals surface area contributed by atoms with Crippen LogP contribution in [0.1, 0.15) is 30.4 Å². The zero-order valence-corrected chi connectivity index (χ0v) is 18.8. The predicted molar refractivity (Wildman–Crippen MR) is 136 cm³/mol. The highest BCUT2D eigenvalue weighted by Crippen LogP contribution is 2.38. The third-order valence-electron chi connectivity index (χ3n) is 6.98. The molecule has 4 heteroatoms. The molecule has 0 saturated carbocycles. The van der Waals surface area contributed by atoms with Gasteiger partial charge in [-0.2, -0.15) is 0 Å². The number of benzene rings is 3. The molecule has 32 heavy (non-hydrogen) atoms. The van der Waals surface area contributed by atoms with Crippen molar-refractivity contribution in [1.29, 1.82) is 0 Å². The number of aryl methyl sites for hydroxylation is 2. The van der Waals surface area contributed by atoms with E-state index in [0.29, 0.717) is 11.9 Å². The maximum Gasteiger partial charge on any atom is 0.123 e. The van der Waals surface area contributed by atoms with E-state index in [4.69, 9.17) is 5.73 Å². The van der Waals surface area contributed by atoms with Gasteiger partial charge in [-0.3, -0.25) is 0 Å². The van der Waals surface area contributed by atoms with Crippen molar-refractivity contribution in [2.45, 2.75) is 38.1 Å². The number of nitrogens with two attached hydrogens (primary N) is 1. The Morgan fingerprint density at radius 1 is 0.938 bits per heavy atom. The molecule has 1 atom stereocenters. The van der Waals surface area contributed by atoms with Crippen molar-refractivity contribution < 1.29 is 0 Å². The summed E-state index contributed by atoms with van der Waals surface area (Å²) in [5.74, 6) is 0.572. The fourth-order valence-electron chi connectivity index (χ4n) is 5.28. The van der Waals surface area contributed by atoms with Gasteiger partial charge in [0.15, 0.2) is 0 Å². The molecule has 0 amide bonds. The van der Waals surface area contributed by atoms with Gasteiger partial charge >= 0.3 is 0 Å². The van der Waals surface area contributed by atoms with Gasteiger partial charge in [0, 0.05) is 36.4 Å². The lowest BCUT2D eigenvalue weighted by Crippen LogP contribution is -2.29. The maximum absolute atomic E-state index is 5.25. The van der Waals surface area contributed by atoms with Crippen LogP contribution in [0.15, 0.2) is 66.9 Å². The van der Waals surface area contributed by atoms with E-state index >= 15 is 0 Å². The highest BCUT2D eigenvalue weighted by Gasteiger charge is 2.23. The van der Waals surface area contributed by atoms with Crippen LogP contribution < -0.4 is 16.0 Å². The minimum Gasteiger partial charge on any atom is -0.384 e. The van der Waals surface area contributed by atoms with Crippen molar-refractivity contribution in [3.05, 3.63) is 78.0 Å². The third kappa shape index (κ3) is 4.03. The highest BCUT2D eigenvalue weighted by atomic mass is 15.2. The summed E-state index contributed by atoms with van der Waals surface area (Å²) in [4.78, 5) is 6.33. The molecule has 3 aromatic carbocycles. The van der Waals surface area contributed by atoms with Crippen LogP contribution in [0, 0.1) is 0 Å². The van der Waals surface area contributed by atoms with Gasteiger partial charge in [-0.15, -0.1) is 0 Å². The molecule has 0 bridgehead atoms. The third-order valence-corrected chi connectivity index (χ3v) is 6.98. The average molecular weight is 425 g/mol. The molecule has 3 N–H and O–H groups in total. The number of nitrogens with zero attached hydrogens (tertiary/aromatic N) is 2. The fourth-order valence-corrected chi connectivity index (χ4v) is 5.28. The lowest BCUT2D eigenvalue weighted by molar-refractivity contribution is 0.617. The average Bonchev–Trinajstić information content (AvgIpc) is 3.33. The van der Waals surface area contributed by atoms with Gasteiger partial charge in [0.1, 0.15) is 5.82 Å². The first-order valence-corrected chi connectivity index (χ1v) is 11.8. The zero-order valence-electron chi connectivity index (χ0n) is 18.8. The summed E-state index contributed by atoms with van der Waals surface area (Å²) in [5.41, 5.74) is 9.84. The van der Waals surface area contributed by atoms with Crippen LogP contribution in [0.5, 0.6) is 0 Å². The maximum atomic E-state index is 5.25. The molecule has 2 aliphatic rings. The molecule has 1 aromatic heterocycles. The number of nitrogen functional groups attached to an aromatic ring is 1. The summed E-state index contributed by atoms with van der Waals surface area (Å²) in [6, 6.07) is 22.3. The second-order valence-corrected chi connectivity index (χ2v) is 8.92. The molecule has 0 radical (unpaired) electrons. The molecule has 1 aliphatic carbocycles. The lowest BCUT2D eigenvalue weighted by Gasteiger charge is -2.23. The largest absolute Gasteiger partial charge is 0.384 e. The first kappa shape index (κ1) is 20.8. The number of rotatable bonds is 2. The molecule has 4 nitrogen and oxygen atoms in total. The Bertz CT molecular complexity index is 1220. The number of likely N-dealkylation sites (N-methyl/N-ethyl adjacent to an activating group) is 1. The molecule has 1 saturated heterocycles. The van der Waals surface area contributed by atoms with Crippen molar-refractivity contribution >= 4 is 33.1 Å². The summed E-state index contributed by atoms with van der Waals surface area (Å²) in [7, 11) is 2.08. The first-order valence-electron chi connectivity index (χ1n) is 11.8. The standard InChI is InChI=1S/C23H26N2.C5H6N2/c1-24-18-13-14-25(15-18)22-8-4-6-17-10-11-20-19-7-3-2-5-16(19)9-12-21(20)23(17)22;6-5-3-1-2-4-7-5/h4,6,8-12,18,24H,2-3,5,7,13-15H2,1H3;1-4H,(H2,6,7)/t18-;/m1./s1. The van der Waals surface area contributed by atoms with Gasteiger partial charge in [0.25, 0.3) is 0 Å². The molecular weight excluding hydrogens is 392 g/mol. The zero-order chi connectivity index (χ0) is 21.9. The Hall–Kier alpha value is -3.11. The van der Waals surface area contributed by atoms with Crippen molar-refractivity contribution in [2.75, 3.05) is 30.8 Å². The van der Waals surface area contributed by atoms with Gasteiger partial charge in [0.2, 0.25) is 0 Å². The summed E-state index contributed by atoms with van der Waals surface area (Å²) >= 11 is 0. The van der Waals surface area contributed by atoms with E-state index in [1.54, 1.807) is 23.4 Å². The van der Waals surface area contributed by atoms with Crippen molar-refractivity contribution in [3.63, 3.8) is 0 Å². The van der Waals surface area contributed by atoms with Gasteiger partial charge < -0.3 is 16.0 Å². The summed E-state index contributed by atoms with van der Waals surface area (Å²) in [6.07, 6.45) is 8.06. The van der Waals surface area contributed by atoms with Crippen molar-refractivity contribution in [1.82, 2.24) is 10.3 Å². The minimum absolute atomic E-state index is 0.572. The monoisotopic (exact) mass is 424 g/mol. The van der Waals surface area contributed by atoms with E-state index < -0.39 is 0 Å². The van der Waals surface area contributed by atoms with Gasteiger partial charge in [-0.25, -0.2) is 4.98 Å². The number of hydrogen-bond donors (Lipinski definition) is 2. The van der Waals surface area contributed by atoms with Crippen LogP contribution in [0.3, 0.4) is 0 Å². The Morgan fingerprint density at radius 2 is 1.81 bits per heavy atom. The molecule has 2 heterocycles. The van der Waals surface area contributed by atoms with E-state index in [1.807, 2.05) is 12.1 Å². The Morgan fingerprint density at radius 3 is 2.56 bits per heavy atom. The Kier molecular flexibility index (Phi) is 5.95. The van der Waals surface area contributed by atoms with Crippen LogP contribution in [0.4, 0.5) is 11.5 Å². The lowest BCUT2D eigenvalue weighted by atomic mass is 9.86. The van der Waals surface area contributed by atoms with Crippen LogP contribution >= 0.6 is 0 Å². The van der Waals surface area contributed by atoms with Crippen molar-refractivity contribution in [3.8, 4) is 0 Å². The smallest absolute Gasteiger partial charge is 0.123 e.